The smallest absolute Gasteiger partial charge is 0.342 e. The van der Waals surface area contributed by atoms with Gasteiger partial charge in [0.1, 0.15) is 0 Å². The van der Waals surface area contributed by atoms with Crippen molar-refractivity contribution in [3.8, 4) is 0 Å². The van der Waals surface area contributed by atoms with E-state index in [1.54, 1.807) is 0 Å². The van der Waals surface area contributed by atoms with Crippen LogP contribution in [0.4, 0.5) is 0 Å². The van der Waals surface area contributed by atoms with Crippen LogP contribution in [-0.4, -0.2) is 27.3 Å². The van der Waals surface area contributed by atoms with Crippen LogP contribution in [0.3, 0.4) is 0 Å². The predicted molar refractivity (Wildman–Crippen MR) is 28.1 cm³/mol. The second-order valence-electron chi connectivity index (χ2n) is 1.56. The Balaban J connectivity index is 2.37. The van der Waals surface area contributed by atoms with Gasteiger partial charge in [0.25, 0.3) is 0 Å². The zero-order valence-corrected chi connectivity index (χ0v) is 5.63. The summed E-state index contributed by atoms with van der Waals surface area (Å²) in [7, 11) is 4.46. The lowest BCUT2D eigenvalue weighted by Gasteiger charge is -2.04. The molecule has 1 fully saturated rings. The minimum Gasteiger partial charge on any atom is -0.342 e. The van der Waals surface area contributed by atoms with Gasteiger partial charge in [-0.05, 0) is 0 Å². The Morgan fingerprint density at radius 2 is 1.78 bits per heavy atom. The summed E-state index contributed by atoms with van der Waals surface area (Å²) in [6, 6.07) is 0. The maximum absolute atomic E-state index is 4.80. The van der Waals surface area contributed by atoms with Crippen LogP contribution in [-0.2, 0) is 18.9 Å². The lowest BCUT2D eigenvalue weighted by molar-refractivity contribution is -0.197. The molecule has 0 saturated carbocycles. The number of methoxy groups -OCH3 is 3. The molecule has 1 rings (SSSR count). The van der Waals surface area contributed by atoms with Gasteiger partial charge in [-0.1, -0.05) is 0 Å². The van der Waals surface area contributed by atoms with Gasteiger partial charge in [0.15, 0.2) is 0 Å². The van der Waals surface area contributed by atoms with Crippen molar-refractivity contribution in [2.75, 3.05) is 21.3 Å². The van der Waals surface area contributed by atoms with E-state index in [9.17, 15) is 0 Å². The third kappa shape index (κ3) is 0.943. The normalized spacial score (nSPS) is 24.3. The molecule has 53 valence electrons. The summed E-state index contributed by atoms with van der Waals surface area (Å²) < 4.78 is 19.1. The summed E-state index contributed by atoms with van der Waals surface area (Å²) in [4.78, 5) is 0. The van der Waals surface area contributed by atoms with E-state index in [0.717, 1.165) is 0 Å². The van der Waals surface area contributed by atoms with Crippen molar-refractivity contribution in [1.29, 1.82) is 0 Å². The highest BCUT2D eigenvalue weighted by atomic mass is 17.0. The predicted octanol–water partition coefficient (Wildman–Crippen LogP) is 0.0991. The van der Waals surface area contributed by atoms with Crippen molar-refractivity contribution in [3.05, 3.63) is 6.29 Å². The number of epoxide rings is 1. The van der Waals surface area contributed by atoms with Crippen molar-refractivity contribution in [2.45, 2.75) is 5.97 Å². The van der Waals surface area contributed by atoms with E-state index in [-0.39, 0.29) is 0 Å². The summed E-state index contributed by atoms with van der Waals surface area (Å²) in [6.07, 6.45) is 0.368. The van der Waals surface area contributed by atoms with Gasteiger partial charge in [0, 0.05) is 21.3 Å². The van der Waals surface area contributed by atoms with Crippen LogP contribution in [0.15, 0.2) is 0 Å². The van der Waals surface area contributed by atoms with Crippen LogP contribution in [0, 0.1) is 6.29 Å². The van der Waals surface area contributed by atoms with Crippen LogP contribution in [0.1, 0.15) is 0 Å². The third-order valence-electron chi connectivity index (χ3n) is 1.16. The van der Waals surface area contributed by atoms with E-state index in [1.807, 2.05) is 0 Å². The summed E-state index contributed by atoms with van der Waals surface area (Å²) in [5.74, 6) is -1.01. The van der Waals surface area contributed by atoms with Gasteiger partial charge in [-0.15, -0.1) is 0 Å². The summed E-state index contributed by atoms with van der Waals surface area (Å²) in [5.41, 5.74) is 0. The molecule has 0 aromatic carbocycles. The molecule has 1 radical (unpaired) electrons. The highest BCUT2D eigenvalue weighted by Crippen LogP contribution is 2.44. The first-order chi connectivity index (χ1) is 4.29. The van der Waals surface area contributed by atoms with Gasteiger partial charge in [-0.2, -0.15) is 0 Å². The SMILES string of the molecule is CO[C]1OC1(OC)OC. The molecular formula is C5H9O4. The molecule has 0 bridgehead atoms. The molecule has 9 heavy (non-hydrogen) atoms. The van der Waals surface area contributed by atoms with Crippen LogP contribution >= 0.6 is 0 Å². The molecule has 0 unspecified atom stereocenters. The van der Waals surface area contributed by atoms with Crippen molar-refractivity contribution >= 4 is 0 Å². The van der Waals surface area contributed by atoms with Crippen molar-refractivity contribution in [1.82, 2.24) is 0 Å². The first-order valence-electron chi connectivity index (χ1n) is 2.50. The fraction of sp³-hybridized carbons (Fsp3) is 0.800. The molecule has 0 aromatic heterocycles. The van der Waals surface area contributed by atoms with Crippen LogP contribution in [0.2, 0.25) is 0 Å². The standard InChI is InChI=1S/C5H9O4/c1-6-4-5(7-2,8-3)9-4/h1-3H3. The Bertz CT molecular complexity index is 99.1. The first-order valence-corrected chi connectivity index (χ1v) is 2.50. The molecule has 4 heteroatoms. The molecule has 1 aliphatic heterocycles. The van der Waals surface area contributed by atoms with Crippen LogP contribution in [0.25, 0.3) is 0 Å². The highest BCUT2D eigenvalue weighted by Gasteiger charge is 2.63. The van der Waals surface area contributed by atoms with Gasteiger partial charge >= 0.3 is 12.3 Å². The Morgan fingerprint density at radius 3 is 1.89 bits per heavy atom. The van der Waals surface area contributed by atoms with Gasteiger partial charge in [-0.3, -0.25) is 4.74 Å². The van der Waals surface area contributed by atoms with E-state index in [1.165, 1.54) is 21.3 Å². The van der Waals surface area contributed by atoms with Crippen LogP contribution in [0.5, 0.6) is 0 Å². The van der Waals surface area contributed by atoms with Gasteiger partial charge < -0.3 is 14.2 Å². The van der Waals surface area contributed by atoms with Gasteiger partial charge in [-0.25, -0.2) is 0 Å². The minimum absolute atomic E-state index is 0.368. The fourth-order valence-corrected chi connectivity index (χ4v) is 0.597. The zero-order valence-electron chi connectivity index (χ0n) is 5.63. The van der Waals surface area contributed by atoms with Crippen molar-refractivity contribution < 1.29 is 18.9 Å². The summed E-state index contributed by atoms with van der Waals surface area (Å²) >= 11 is 0. The molecule has 0 aromatic rings. The number of ether oxygens (including phenoxy) is 4. The lowest BCUT2D eigenvalue weighted by Crippen LogP contribution is -2.17. The third-order valence-corrected chi connectivity index (χ3v) is 1.16. The monoisotopic (exact) mass is 133 g/mol. The topological polar surface area (TPSA) is 40.2 Å². The molecule has 0 spiro atoms. The molecular weight excluding hydrogens is 124 g/mol. The Hall–Kier alpha value is -0.160. The van der Waals surface area contributed by atoms with Gasteiger partial charge in [0.2, 0.25) is 0 Å². The molecule has 0 N–H and O–H groups in total. The maximum Gasteiger partial charge on any atom is 0.349 e. The molecule has 0 amide bonds. The first kappa shape index (κ1) is 6.95. The lowest BCUT2D eigenvalue weighted by atomic mass is 10.7. The maximum atomic E-state index is 4.80. The number of rotatable bonds is 3. The minimum atomic E-state index is -1.01. The van der Waals surface area contributed by atoms with E-state index >= 15 is 0 Å². The Morgan fingerprint density at radius 1 is 1.22 bits per heavy atom. The Kier molecular flexibility index (Phi) is 1.72. The molecule has 0 aliphatic carbocycles. The van der Waals surface area contributed by atoms with E-state index in [4.69, 9.17) is 18.9 Å². The van der Waals surface area contributed by atoms with E-state index in [2.05, 4.69) is 0 Å². The molecule has 1 saturated heterocycles. The highest BCUT2D eigenvalue weighted by molar-refractivity contribution is 4.95. The average molecular weight is 133 g/mol. The van der Waals surface area contributed by atoms with E-state index in [0.29, 0.717) is 6.29 Å². The molecule has 0 atom stereocenters. The second-order valence-corrected chi connectivity index (χ2v) is 1.56. The largest absolute Gasteiger partial charge is 0.349 e. The van der Waals surface area contributed by atoms with E-state index < -0.39 is 5.97 Å². The van der Waals surface area contributed by atoms with Gasteiger partial charge in [0.05, 0.1) is 0 Å². The molecule has 4 nitrogen and oxygen atoms in total. The molecule has 1 aliphatic rings. The van der Waals surface area contributed by atoms with Crippen LogP contribution < -0.4 is 0 Å². The zero-order chi connectivity index (χ0) is 6.91. The second kappa shape index (κ2) is 2.22. The average Bonchev–Trinajstić information content (AvgIpc) is 2.63. The Labute approximate surface area is 53.6 Å². The summed E-state index contributed by atoms with van der Waals surface area (Å²) in [6.45, 7) is 0. The molecule has 1 heterocycles. The van der Waals surface area contributed by atoms with Crippen molar-refractivity contribution in [2.24, 2.45) is 0 Å². The summed E-state index contributed by atoms with van der Waals surface area (Å²) in [5, 5.41) is 0. The van der Waals surface area contributed by atoms with Crippen molar-refractivity contribution in [3.63, 3.8) is 0 Å². The quantitative estimate of drug-likeness (QED) is 0.404. The fourth-order valence-electron chi connectivity index (χ4n) is 0.597. The number of hydrogen-bond acceptors (Lipinski definition) is 4. The number of hydrogen-bond donors (Lipinski definition) is 0.